The lowest BCUT2D eigenvalue weighted by Crippen LogP contribution is -2.33. The summed E-state index contributed by atoms with van der Waals surface area (Å²) >= 11 is 0. The van der Waals surface area contributed by atoms with Crippen LogP contribution in [-0.2, 0) is 18.4 Å². The van der Waals surface area contributed by atoms with Crippen LogP contribution in [0, 0.1) is 5.82 Å². The minimum atomic E-state index is -0.755. The van der Waals surface area contributed by atoms with Gasteiger partial charge in [0.1, 0.15) is 11.9 Å². The molecule has 6 heteroatoms. The molecule has 1 amide bonds. The fourth-order valence-corrected chi connectivity index (χ4v) is 1.65. The van der Waals surface area contributed by atoms with Crippen LogP contribution in [0.2, 0.25) is 0 Å². The van der Waals surface area contributed by atoms with E-state index in [0.29, 0.717) is 12.1 Å². The number of carbonyl (C=O) groups is 1. The maximum absolute atomic E-state index is 12.7. The van der Waals surface area contributed by atoms with Gasteiger partial charge in [0.05, 0.1) is 6.20 Å². The number of amides is 1. The van der Waals surface area contributed by atoms with Gasteiger partial charge in [-0.05, 0) is 17.7 Å². The second-order valence-corrected chi connectivity index (χ2v) is 4.27. The minimum Gasteiger partial charge on any atom is -0.350 e. The summed E-state index contributed by atoms with van der Waals surface area (Å²) < 4.78 is 14.3. The quantitative estimate of drug-likeness (QED) is 0.859. The summed E-state index contributed by atoms with van der Waals surface area (Å²) in [5.41, 5.74) is 7.28. The number of nitrogens with two attached hydrogens (primary N) is 1. The first-order valence-corrected chi connectivity index (χ1v) is 5.82. The molecule has 5 nitrogen and oxygen atoms in total. The van der Waals surface area contributed by atoms with Crippen molar-refractivity contribution in [3.05, 3.63) is 53.6 Å². The Morgan fingerprint density at radius 3 is 2.74 bits per heavy atom. The van der Waals surface area contributed by atoms with E-state index in [-0.39, 0.29) is 11.7 Å². The van der Waals surface area contributed by atoms with Gasteiger partial charge in [-0.1, -0.05) is 12.1 Å². The number of aryl methyl sites for hydroxylation is 1. The number of benzene rings is 1. The van der Waals surface area contributed by atoms with E-state index in [1.807, 2.05) is 0 Å². The standard InChI is InChI=1S/C13H15FN4O/c1-18-8-10(7-17-18)12(15)13(19)16-6-9-2-4-11(14)5-3-9/h2-5,7-8,12H,6,15H2,1H3,(H,16,19). The average molecular weight is 262 g/mol. The predicted molar refractivity (Wildman–Crippen MR) is 68.4 cm³/mol. The van der Waals surface area contributed by atoms with Gasteiger partial charge >= 0.3 is 0 Å². The van der Waals surface area contributed by atoms with E-state index in [0.717, 1.165) is 5.56 Å². The van der Waals surface area contributed by atoms with Crippen molar-refractivity contribution in [1.29, 1.82) is 0 Å². The molecule has 0 aliphatic carbocycles. The normalized spacial score (nSPS) is 12.2. The minimum absolute atomic E-state index is 0.294. The van der Waals surface area contributed by atoms with Crippen LogP contribution in [0.3, 0.4) is 0 Å². The zero-order valence-corrected chi connectivity index (χ0v) is 10.5. The molecule has 0 spiro atoms. The highest BCUT2D eigenvalue weighted by atomic mass is 19.1. The second-order valence-electron chi connectivity index (χ2n) is 4.27. The molecule has 2 rings (SSSR count). The maximum Gasteiger partial charge on any atom is 0.241 e. The van der Waals surface area contributed by atoms with Crippen LogP contribution in [0.5, 0.6) is 0 Å². The highest BCUT2D eigenvalue weighted by Gasteiger charge is 2.16. The molecule has 1 aromatic heterocycles. The molecule has 19 heavy (non-hydrogen) atoms. The number of halogens is 1. The number of nitrogens with one attached hydrogen (secondary N) is 1. The summed E-state index contributed by atoms with van der Waals surface area (Å²) in [6, 6.07) is 5.18. The van der Waals surface area contributed by atoms with E-state index < -0.39 is 6.04 Å². The van der Waals surface area contributed by atoms with Crippen molar-refractivity contribution in [2.45, 2.75) is 12.6 Å². The summed E-state index contributed by atoms with van der Waals surface area (Å²) in [4.78, 5) is 11.8. The molecule has 1 atom stereocenters. The van der Waals surface area contributed by atoms with Crippen molar-refractivity contribution in [1.82, 2.24) is 15.1 Å². The molecule has 3 N–H and O–H groups in total. The van der Waals surface area contributed by atoms with Gasteiger partial charge in [0.2, 0.25) is 5.91 Å². The fourth-order valence-electron chi connectivity index (χ4n) is 1.65. The van der Waals surface area contributed by atoms with Crippen molar-refractivity contribution in [2.24, 2.45) is 12.8 Å². The van der Waals surface area contributed by atoms with Gasteiger partial charge in [-0.25, -0.2) is 4.39 Å². The van der Waals surface area contributed by atoms with E-state index in [2.05, 4.69) is 10.4 Å². The molecule has 0 saturated carbocycles. The number of carbonyl (C=O) groups excluding carboxylic acids is 1. The van der Waals surface area contributed by atoms with Gasteiger partial charge in [0, 0.05) is 25.4 Å². The molecule has 0 bridgehead atoms. The lowest BCUT2D eigenvalue weighted by Gasteiger charge is -2.10. The zero-order valence-electron chi connectivity index (χ0n) is 10.5. The summed E-state index contributed by atoms with van der Waals surface area (Å²) in [5, 5.41) is 6.67. The summed E-state index contributed by atoms with van der Waals surface area (Å²) in [5.74, 6) is -0.598. The smallest absolute Gasteiger partial charge is 0.241 e. The molecule has 0 aliphatic rings. The zero-order chi connectivity index (χ0) is 13.8. The third kappa shape index (κ3) is 3.38. The van der Waals surface area contributed by atoms with E-state index in [1.54, 1.807) is 36.3 Å². The van der Waals surface area contributed by atoms with Crippen molar-refractivity contribution in [2.75, 3.05) is 0 Å². The first-order chi connectivity index (χ1) is 9.06. The molecule has 0 radical (unpaired) electrons. The monoisotopic (exact) mass is 262 g/mol. The topological polar surface area (TPSA) is 72.9 Å². The van der Waals surface area contributed by atoms with Crippen molar-refractivity contribution < 1.29 is 9.18 Å². The molecule has 100 valence electrons. The Morgan fingerprint density at radius 1 is 1.47 bits per heavy atom. The number of hydrogen-bond acceptors (Lipinski definition) is 3. The van der Waals surface area contributed by atoms with Gasteiger partial charge in [0.25, 0.3) is 0 Å². The largest absolute Gasteiger partial charge is 0.350 e. The molecule has 1 aromatic carbocycles. The van der Waals surface area contributed by atoms with Crippen LogP contribution < -0.4 is 11.1 Å². The molecule has 0 saturated heterocycles. The Bertz CT molecular complexity index is 564. The van der Waals surface area contributed by atoms with E-state index in [4.69, 9.17) is 5.73 Å². The van der Waals surface area contributed by atoms with Gasteiger partial charge < -0.3 is 11.1 Å². The molecule has 1 heterocycles. The summed E-state index contributed by atoms with van der Waals surface area (Å²) in [6.45, 7) is 0.313. The third-order valence-electron chi connectivity index (χ3n) is 2.75. The summed E-state index contributed by atoms with van der Waals surface area (Å²) in [7, 11) is 1.76. The van der Waals surface area contributed by atoms with E-state index >= 15 is 0 Å². The lowest BCUT2D eigenvalue weighted by molar-refractivity contribution is -0.122. The van der Waals surface area contributed by atoms with E-state index in [9.17, 15) is 9.18 Å². The Kier molecular flexibility index (Phi) is 3.91. The lowest BCUT2D eigenvalue weighted by atomic mass is 10.1. The number of nitrogens with zero attached hydrogens (tertiary/aromatic N) is 2. The Morgan fingerprint density at radius 2 is 2.16 bits per heavy atom. The van der Waals surface area contributed by atoms with Crippen LogP contribution in [0.25, 0.3) is 0 Å². The van der Waals surface area contributed by atoms with Crippen LogP contribution in [0.15, 0.2) is 36.7 Å². The second kappa shape index (κ2) is 5.62. The SMILES string of the molecule is Cn1cc(C(N)C(=O)NCc2ccc(F)cc2)cn1. The first kappa shape index (κ1) is 13.2. The molecule has 0 aliphatic heterocycles. The number of aromatic nitrogens is 2. The first-order valence-electron chi connectivity index (χ1n) is 5.82. The average Bonchev–Trinajstić information content (AvgIpc) is 2.83. The van der Waals surface area contributed by atoms with Crippen LogP contribution in [0.4, 0.5) is 4.39 Å². The van der Waals surface area contributed by atoms with Crippen molar-refractivity contribution in [3.63, 3.8) is 0 Å². The number of hydrogen-bond donors (Lipinski definition) is 2. The Hall–Kier alpha value is -2.21. The summed E-state index contributed by atoms with van der Waals surface area (Å²) in [6.07, 6.45) is 3.25. The molecule has 0 fully saturated rings. The third-order valence-corrected chi connectivity index (χ3v) is 2.75. The molecule has 1 unspecified atom stereocenters. The molecule has 2 aromatic rings. The fraction of sp³-hybridized carbons (Fsp3) is 0.231. The number of rotatable bonds is 4. The van der Waals surface area contributed by atoms with Crippen molar-refractivity contribution >= 4 is 5.91 Å². The Labute approximate surface area is 110 Å². The van der Waals surface area contributed by atoms with Crippen molar-refractivity contribution in [3.8, 4) is 0 Å². The molecular weight excluding hydrogens is 247 g/mol. The Balaban J connectivity index is 1.92. The van der Waals surface area contributed by atoms with Crippen LogP contribution >= 0.6 is 0 Å². The van der Waals surface area contributed by atoms with Gasteiger partial charge in [-0.15, -0.1) is 0 Å². The highest BCUT2D eigenvalue weighted by Crippen LogP contribution is 2.09. The van der Waals surface area contributed by atoms with Gasteiger partial charge in [-0.2, -0.15) is 5.10 Å². The van der Waals surface area contributed by atoms with E-state index in [1.165, 1.54) is 12.1 Å². The van der Waals surface area contributed by atoms with Crippen LogP contribution in [0.1, 0.15) is 17.2 Å². The predicted octanol–water partition coefficient (Wildman–Crippen LogP) is 0.875. The van der Waals surface area contributed by atoms with Gasteiger partial charge in [-0.3, -0.25) is 9.48 Å². The highest BCUT2D eigenvalue weighted by molar-refractivity contribution is 5.82. The maximum atomic E-state index is 12.7. The van der Waals surface area contributed by atoms with Crippen LogP contribution in [-0.4, -0.2) is 15.7 Å². The molecular formula is C13H15FN4O. The van der Waals surface area contributed by atoms with Gasteiger partial charge in [0.15, 0.2) is 0 Å².